The summed E-state index contributed by atoms with van der Waals surface area (Å²) in [6.07, 6.45) is 5.40. The molecule has 2 rings (SSSR count). The van der Waals surface area contributed by atoms with Crippen molar-refractivity contribution in [3.8, 4) is 0 Å². The summed E-state index contributed by atoms with van der Waals surface area (Å²) in [7, 11) is 0. The molecule has 0 radical (unpaired) electrons. The molecule has 1 unspecified atom stereocenters. The molecule has 1 aliphatic carbocycles. The number of aryl methyl sites for hydroxylation is 2. The lowest BCUT2D eigenvalue weighted by atomic mass is 9.91. The van der Waals surface area contributed by atoms with Crippen LogP contribution in [0.15, 0.2) is 18.2 Å². The molecule has 1 nitrogen and oxygen atoms in total. The van der Waals surface area contributed by atoms with Gasteiger partial charge in [-0.2, -0.15) is 0 Å². The standard InChI is InChI=1S/C16H25N/c1-12(11-17-15-8-5-9-15)10-16-13(2)6-4-7-14(16)3/h4,6-7,12,15,17H,5,8-11H2,1-3H3. The maximum Gasteiger partial charge on any atom is 0.00671 e. The molecule has 1 fully saturated rings. The molecule has 1 heteroatoms. The largest absolute Gasteiger partial charge is 0.314 e. The van der Waals surface area contributed by atoms with Gasteiger partial charge >= 0.3 is 0 Å². The Morgan fingerprint density at radius 1 is 1.24 bits per heavy atom. The summed E-state index contributed by atoms with van der Waals surface area (Å²) in [4.78, 5) is 0. The molecule has 1 N–H and O–H groups in total. The Bertz CT molecular complexity index is 346. The van der Waals surface area contributed by atoms with Gasteiger partial charge < -0.3 is 5.32 Å². The summed E-state index contributed by atoms with van der Waals surface area (Å²) < 4.78 is 0. The van der Waals surface area contributed by atoms with Crippen LogP contribution < -0.4 is 5.32 Å². The van der Waals surface area contributed by atoms with Crippen molar-refractivity contribution in [3.05, 3.63) is 34.9 Å². The average Bonchev–Trinajstić information content (AvgIpc) is 2.21. The Hall–Kier alpha value is -0.820. The minimum Gasteiger partial charge on any atom is -0.314 e. The van der Waals surface area contributed by atoms with Gasteiger partial charge in [0.2, 0.25) is 0 Å². The first-order valence-electron chi connectivity index (χ1n) is 6.95. The van der Waals surface area contributed by atoms with Crippen molar-refractivity contribution in [3.63, 3.8) is 0 Å². The first kappa shape index (κ1) is 12.6. The molecule has 1 aromatic rings. The topological polar surface area (TPSA) is 12.0 Å². The first-order chi connectivity index (χ1) is 8.16. The van der Waals surface area contributed by atoms with Crippen molar-refractivity contribution in [2.45, 2.75) is 52.5 Å². The third-order valence-electron chi connectivity index (χ3n) is 4.06. The highest BCUT2D eigenvalue weighted by atomic mass is 14.9. The van der Waals surface area contributed by atoms with Crippen molar-refractivity contribution in [1.29, 1.82) is 0 Å². The molecule has 0 saturated heterocycles. The van der Waals surface area contributed by atoms with E-state index >= 15 is 0 Å². The maximum atomic E-state index is 3.68. The van der Waals surface area contributed by atoms with E-state index in [1.165, 1.54) is 43.4 Å². The van der Waals surface area contributed by atoms with Crippen molar-refractivity contribution in [2.75, 3.05) is 6.54 Å². The number of hydrogen-bond acceptors (Lipinski definition) is 1. The molecule has 0 aliphatic heterocycles. The van der Waals surface area contributed by atoms with E-state index in [4.69, 9.17) is 0 Å². The van der Waals surface area contributed by atoms with Gasteiger partial charge in [-0.3, -0.25) is 0 Å². The van der Waals surface area contributed by atoms with Gasteiger partial charge in [0.15, 0.2) is 0 Å². The van der Waals surface area contributed by atoms with Crippen LogP contribution in [0, 0.1) is 19.8 Å². The van der Waals surface area contributed by atoms with Gasteiger partial charge in [-0.25, -0.2) is 0 Å². The fourth-order valence-corrected chi connectivity index (χ4v) is 2.57. The quantitative estimate of drug-likeness (QED) is 0.816. The minimum atomic E-state index is 0.732. The van der Waals surface area contributed by atoms with Crippen LogP contribution in [-0.2, 0) is 6.42 Å². The second kappa shape index (κ2) is 5.68. The van der Waals surface area contributed by atoms with Crippen LogP contribution in [0.1, 0.15) is 42.9 Å². The molecule has 1 saturated carbocycles. The molecule has 0 heterocycles. The molecular formula is C16H25N. The number of benzene rings is 1. The Labute approximate surface area is 106 Å². The van der Waals surface area contributed by atoms with Gasteiger partial charge in [-0.1, -0.05) is 31.5 Å². The van der Waals surface area contributed by atoms with Crippen LogP contribution >= 0.6 is 0 Å². The van der Waals surface area contributed by atoms with Gasteiger partial charge in [-0.05, 0) is 62.3 Å². The zero-order valence-corrected chi connectivity index (χ0v) is 11.4. The molecule has 94 valence electrons. The SMILES string of the molecule is Cc1cccc(C)c1CC(C)CNC1CCC1. The number of nitrogens with one attached hydrogen (secondary N) is 1. The molecule has 0 aromatic heterocycles. The van der Waals surface area contributed by atoms with Crippen LogP contribution in [0.5, 0.6) is 0 Å². The zero-order chi connectivity index (χ0) is 12.3. The zero-order valence-electron chi connectivity index (χ0n) is 11.4. The van der Waals surface area contributed by atoms with E-state index in [0.29, 0.717) is 0 Å². The van der Waals surface area contributed by atoms with Crippen molar-refractivity contribution in [2.24, 2.45) is 5.92 Å². The summed E-state index contributed by atoms with van der Waals surface area (Å²) in [6.45, 7) is 7.98. The Balaban J connectivity index is 1.86. The summed E-state index contributed by atoms with van der Waals surface area (Å²) >= 11 is 0. The van der Waals surface area contributed by atoms with Gasteiger partial charge in [0.1, 0.15) is 0 Å². The van der Waals surface area contributed by atoms with E-state index in [1.54, 1.807) is 5.56 Å². The fourth-order valence-electron chi connectivity index (χ4n) is 2.57. The fraction of sp³-hybridized carbons (Fsp3) is 0.625. The van der Waals surface area contributed by atoms with E-state index in [-0.39, 0.29) is 0 Å². The summed E-state index contributed by atoms with van der Waals surface area (Å²) in [5, 5.41) is 3.68. The van der Waals surface area contributed by atoms with Gasteiger partial charge in [0, 0.05) is 6.04 Å². The Morgan fingerprint density at radius 3 is 2.41 bits per heavy atom. The highest BCUT2D eigenvalue weighted by molar-refractivity contribution is 5.33. The van der Waals surface area contributed by atoms with Crippen LogP contribution in [-0.4, -0.2) is 12.6 Å². The number of hydrogen-bond donors (Lipinski definition) is 1. The Kier molecular flexibility index (Phi) is 4.22. The van der Waals surface area contributed by atoms with Gasteiger partial charge in [0.25, 0.3) is 0 Å². The molecule has 1 atom stereocenters. The van der Waals surface area contributed by atoms with Crippen LogP contribution in [0.2, 0.25) is 0 Å². The normalized spacial score (nSPS) is 17.8. The van der Waals surface area contributed by atoms with E-state index < -0.39 is 0 Å². The number of rotatable bonds is 5. The van der Waals surface area contributed by atoms with E-state index in [0.717, 1.165) is 12.0 Å². The summed E-state index contributed by atoms with van der Waals surface area (Å²) in [5.74, 6) is 0.732. The van der Waals surface area contributed by atoms with Crippen molar-refractivity contribution in [1.82, 2.24) is 5.32 Å². The van der Waals surface area contributed by atoms with E-state index in [2.05, 4.69) is 44.3 Å². The molecule has 0 amide bonds. The lowest BCUT2D eigenvalue weighted by Gasteiger charge is -2.28. The second-order valence-corrected chi connectivity index (χ2v) is 5.72. The summed E-state index contributed by atoms with van der Waals surface area (Å²) in [5.41, 5.74) is 4.44. The summed E-state index contributed by atoms with van der Waals surface area (Å²) in [6, 6.07) is 7.43. The minimum absolute atomic E-state index is 0.732. The van der Waals surface area contributed by atoms with Crippen molar-refractivity contribution >= 4 is 0 Å². The van der Waals surface area contributed by atoms with Crippen LogP contribution in [0.4, 0.5) is 0 Å². The smallest absolute Gasteiger partial charge is 0.00671 e. The highest BCUT2D eigenvalue weighted by Gasteiger charge is 2.17. The Morgan fingerprint density at radius 2 is 1.88 bits per heavy atom. The van der Waals surface area contributed by atoms with Crippen molar-refractivity contribution < 1.29 is 0 Å². The lowest BCUT2D eigenvalue weighted by molar-refractivity contribution is 0.320. The predicted molar refractivity (Wildman–Crippen MR) is 74.4 cm³/mol. The van der Waals surface area contributed by atoms with E-state index in [1.807, 2.05) is 0 Å². The third-order valence-corrected chi connectivity index (χ3v) is 4.06. The van der Waals surface area contributed by atoms with E-state index in [9.17, 15) is 0 Å². The van der Waals surface area contributed by atoms with Gasteiger partial charge in [-0.15, -0.1) is 0 Å². The first-order valence-corrected chi connectivity index (χ1v) is 6.95. The molecule has 1 aromatic carbocycles. The molecule has 1 aliphatic rings. The third kappa shape index (κ3) is 3.32. The van der Waals surface area contributed by atoms with Gasteiger partial charge in [0.05, 0.1) is 0 Å². The highest BCUT2D eigenvalue weighted by Crippen LogP contribution is 2.20. The molecule has 17 heavy (non-hydrogen) atoms. The molecular weight excluding hydrogens is 206 g/mol. The molecule has 0 spiro atoms. The maximum absolute atomic E-state index is 3.68. The second-order valence-electron chi connectivity index (χ2n) is 5.72. The predicted octanol–water partition coefficient (Wildman–Crippen LogP) is 3.62. The lowest BCUT2D eigenvalue weighted by Crippen LogP contribution is -2.38. The molecule has 0 bridgehead atoms. The monoisotopic (exact) mass is 231 g/mol. The van der Waals surface area contributed by atoms with Crippen LogP contribution in [0.25, 0.3) is 0 Å². The van der Waals surface area contributed by atoms with Crippen LogP contribution in [0.3, 0.4) is 0 Å². The average molecular weight is 231 g/mol.